The van der Waals surface area contributed by atoms with Crippen molar-refractivity contribution in [1.29, 1.82) is 0 Å². The van der Waals surface area contributed by atoms with Crippen LogP contribution in [0.15, 0.2) is 12.7 Å². The second kappa shape index (κ2) is 8.68. The first-order valence-corrected chi connectivity index (χ1v) is 7.47. The molecule has 18 heavy (non-hydrogen) atoms. The Hall–Kier alpha value is -0.380. The molecule has 0 saturated carbocycles. The summed E-state index contributed by atoms with van der Waals surface area (Å²) in [6.45, 7) is 8.65. The van der Waals surface area contributed by atoms with Crippen molar-refractivity contribution >= 4 is 0 Å². The van der Waals surface area contributed by atoms with Crippen LogP contribution in [-0.2, 0) is 4.74 Å². The van der Waals surface area contributed by atoms with E-state index in [0.717, 1.165) is 45.4 Å². The van der Waals surface area contributed by atoms with Crippen molar-refractivity contribution in [3.63, 3.8) is 0 Å². The molecule has 3 heteroatoms. The molecule has 3 nitrogen and oxygen atoms in total. The number of ether oxygens (including phenoxy) is 1. The first-order chi connectivity index (χ1) is 8.79. The largest absolute Gasteiger partial charge is 0.372 e. The Morgan fingerprint density at radius 1 is 1.39 bits per heavy atom. The number of morpholine rings is 1. The Kier molecular flexibility index (Phi) is 7.56. The van der Waals surface area contributed by atoms with Crippen LogP contribution >= 0.6 is 0 Å². The van der Waals surface area contributed by atoms with Crippen LogP contribution in [-0.4, -0.2) is 31.3 Å². The van der Waals surface area contributed by atoms with Gasteiger partial charge in [0.2, 0.25) is 0 Å². The van der Waals surface area contributed by atoms with Gasteiger partial charge in [-0.2, -0.15) is 0 Å². The monoisotopic (exact) mass is 254 g/mol. The van der Waals surface area contributed by atoms with Crippen LogP contribution in [0.1, 0.15) is 51.9 Å². The summed E-state index contributed by atoms with van der Waals surface area (Å²) >= 11 is 0. The third-order valence-electron chi connectivity index (χ3n) is 3.93. The van der Waals surface area contributed by atoms with E-state index in [1.807, 2.05) is 6.08 Å². The second-order valence-corrected chi connectivity index (χ2v) is 5.29. The van der Waals surface area contributed by atoms with Gasteiger partial charge >= 0.3 is 0 Å². The van der Waals surface area contributed by atoms with Crippen LogP contribution in [0.5, 0.6) is 0 Å². The van der Waals surface area contributed by atoms with E-state index in [9.17, 15) is 0 Å². The van der Waals surface area contributed by atoms with Crippen LogP contribution in [0.3, 0.4) is 0 Å². The Labute approximate surface area is 112 Å². The van der Waals surface area contributed by atoms with Crippen molar-refractivity contribution in [2.24, 2.45) is 5.73 Å². The van der Waals surface area contributed by atoms with Gasteiger partial charge < -0.3 is 15.8 Å². The third-order valence-corrected chi connectivity index (χ3v) is 3.93. The van der Waals surface area contributed by atoms with Gasteiger partial charge in [-0.25, -0.2) is 0 Å². The molecule has 1 rings (SSSR count). The molecule has 1 aliphatic heterocycles. The Morgan fingerprint density at radius 3 is 2.83 bits per heavy atom. The van der Waals surface area contributed by atoms with Gasteiger partial charge in [0.05, 0.1) is 12.2 Å². The molecule has 0 aromatic rings. The molecule has 1 aliphatic rings. The van der Waals surface area contributed by atoms with E-state index >= 15 is 0 Å². The lowest BCUT2D eigenvalue weighted by atomic mass is 9.81. The number of hydrogen-bond acceptors (Lipinski definition) is 3. The van der Waals surface area contributed by atoms with Gasteiger partial charge in [0, 0.05) is 12.6 Å². The topological polar surface area (TPSA) is 47.3 Å². The van der Waals surface area contributed by atoms with Crippen molar-refractivity contribution in [1.82, 2.24) is 5.32 Å². The zero-order chi connectivity index (χ0) is 13.3. The normalized spacial score (nSPS) is 28.2. The molecule has 1 heterocycles. The molecular weight excluding hydrogens is 224 g/mol. The Morgan fingerprint density at radius 2 is 2.17 bits per heavy atom. The summed E-state index contributed by atoms with van der Waals surface area (Å²) < 4.78 is 6.21. The minimum absolute atomic E-state index is 0.0129. The summed E-state index contributed by atoms with van der Waals surface area (Å²) in [4.78, 5) is 0. The van der Waals surface area contributed by atoms with Crippen LogP contribution in [0.2, 0.25) is 0 Å². The highest BCUT2D eigenvalue weighted by Gasteiger charge is 2.40. The van der Waals surface area contributed by atoms with Gasteiger partial charge in [0.25, 0.3) is 0 Å². The van der Waals surface area contributed by atoms with Gasteiger partial charge in [0.1, 0.15) is 0 Å². The highest BCUT2D eigenvalue weighted by atomic mass is 16.5. The van der Waals surface area contributed by atoms with Gasteiger partial charge in [-0.1, -0.05) is 32.3 Å². The molecule has 3 N–H and O–H groups in total. The average Bonchev–Trinajstić information content (AvgIpc) is 2.39. The standard InChI is InChI=1S/C15H30N2O/c1-3-5-6-9-15(10-7-11-16)14(8-4-2)17-12-13-18-15/h4,14,17H,2-3,5-13,16H2,1H3. The SMILES string of the molecule is C=CCC1NCCOC1(CCCN)CCCCC. The minimum Gasteiger partial charge on any atom is -0.372 e. The Bertz CT molecular complexity index is 233. The average molecular weight is 254 g/mol. The third kappa shape index (κ3) is 4.38. The van der Waals surface area contributed by atoms with E-state index in [0.29, 0.717) is 6.04 Å². The predicted octanol–water partition coefficient (Wildman–Crippen LogP) is 2.61. The molecule has 0 aromatic carbocycles. The summed E-state index contributed by atoms with van der Waals surface area (Å²) in [5.74, 6) is 0. The molecule has 2 atom stereocenters. The fourth-order valence-corrected chi connectivity index (χ4v) is 2.93. The predicted molar refractivity (Wildman–Crippen MR) is 77.7 cm³/mol. The van der Waals surface area contributed by atoms with E-state index in [-0.39, 0.29) is 5.60 Å². The first kappa shape index (κ1) is 15.7. The maximum atomic E-state index is 6.21. The van der Waals surface area contributed by atoms with Gasteiger partial charge in [-0.05, 0) is 32.2 Å². The highest BCUT2D eigenvalue weighted by Crippen LogP contribution is 2.32. The molecule has 2 unspecified atom stereocenters. The van der Waals surface area contributed by atoms with E-state index in [1.165, 1.54) is 19.3 Å². The van der Waals surface area contributed by atoms with E-state index in [1.54, 1.807) is 0 Å². The van der Waals surface area contributed by atoms with E-state index < -0.39 is 0 Å². The summed E-state index contributed by atoms with van der Waals surface area (Å²) in [6, 6.07) is 0.409. The number of nitrogens with two attached hydrogens (primary N) is 1. The molecule has 0 aliphatic carbocycles. The summed E-state index contributed by atoms with van der Waals surface area (Å²) in [7, 11) is 0. The van der Waals surface area contributed by atoms with Crippen LogP contribution in [0.4, 0.5) is 0 Å². The minimum atomic E-state index is -0.0129. The quantitative estimate of drug-likeness (QED) is 0.491. The lowest BCUT2D eigenvalue weighted by molar-refractivity contribution is -0.108. The van der Waals surface area contributed by atoms with Crippen molar-refractivity contribution < 1.29 is 4.74 Å². The molecule has 0 aromatic heterocycles. The van der Waals surface area contributed by atoms with Gasteiger partial charge in [0.15, 0.2) is 0 Å². The van der Waals surface area contributed by atoms with Gasteiger partial charge in [-0.3, -0.25) is 0 Å². The van der Waals surface area contributed by atoms with Crippen LogP contribution in [0.25, 0.3) is 0 Å². The molecule has 1 saturated heterocycles. The zero-order valence-electron chi connectivity index (χ0n) is 11.9. The molecule has 106 valence electrons. The van der Waals surface area contributed by atoms with E-state index in [2.05, 4.69) is 18.8 Å². The first-order valence-electron chi connectivity index (χ1n) is 7.47. The number of rotatable bonds is 9. The number of unbranched alkanes of at least 4 members (excludes halogenated alkanes) is 2. The maximum absolute atomic E-state index is 6.21. The summed E-state index contributed by atoms with van der Waals surface area (Å²) in [6.07, 6.45) is 10.0. The van der Waals surface area contributed by atoms with E-state index in [4.69, 9.17) is 10.5 Å². The highest BCUT2D eigenvalue weighted by molar-refractivity contribution is 4.98. The van der Waals surface area contributed by atoms with Crippen molar-refractivity contribution in [3.8, 4) is 0 Å². The molecule has 0 amide bonds. The fourth-order valence-electron chi connectivity index (χ4n) is 2.93. The lowest BCUT2D eigenvalue weighted by Gasteiger charge is -2.45. The summed E-state index contributed by atoms with van der Waals surface area (Å²) in [5, 5.41) is 3.61. The molecule has 0 bridgehead atoms. The zero-order valence-corrected chi connectivity index (χ0v) is 11.9. The molecular formula is C15H30N2O. The number of nitrogens with one attached hydrogen (secondary N) is 1. The maximum Gasteiger partial charge on any atom is 0.0838 e. The number of hydrogen-bond donors (Lipinski definition) is 2. The second-order valence-electron chi connectivity index (χ2n) is 5.29. The molecule has 0 radical (unpaired) electrons. The lowest BCUT2D eigenvalue weighted by Crippen LogP contribution is -2.58. The fraction of sp³-hybridized carbons (Fsp3) is 0.867. The van der Waals surface area contributed by atoms with Gasteiger partial charge in [-0.15, -0.1) is 6.58 Å². The molecule has 1 fully saturated rings. The van der Waals surface area contributed by atoms with Crippen molar-refractivity contribution in [2.75, 3.05) is 19.7 Å². The van der Waals surface area contributed by atoms with Crippen LogP contribution in [0, 0.1) is 0 Å². The van der Waals surface area contributed by atoms with Crippen molar-refractivity contribution in [2.45, 2.75) is 63.5 Å². The molecule has 0 spiro atoms. The smallest absolute Gasteiger partial charge is 0.0838 e. The van der Waals surface area contributed by atoms with Crippen molar-refractivity contribution in [3.05, 3.63) is 12.7 Å². The summed E-state index contributed by atoms with van der Waals surface area (Å²) in [5.41, 5.74) is 5.67. The Balaban J connectivity index is 2.66. The van der Waals surface area contributed by atoms with Crippen LogP contribution < -0.4 is 11.1 Å².